The highest BCUT2D eigenvalue weighted by molar-refractivity contribution is 14.1. The summed E-state index contributed by atoms with van der Waals surface area (Å²) in [6.45, 7) is 10.1. The minimum absolute atomic E-state index is 0.0460. The number of hydrogen-bond acceptors (Lipinski definition) is 11. The second kappa shape index (κ2) is 20.1. The third-order valence-corrected chi connectivity index (χ3v) is 12.2. The van der Waals surface area contributed by atoms with E-state index >= 15 is 0 Å². The van der Waals surface area contributed by atoms with Crippen LogP contribution in [0.2, 0.25) is 0 Å². The molecule has 0 saturated carbocycles. The maximum absolute atomic E-state index is 13.5. The van der Waals surface area contributed by atoms with Crippen molar-refractivity contribution in [2.75, 3.05) is 32.8 Å². The molecule has 2 N–H and O–H groups in total. The summed E-state index contributed by atoms with van der Waals surface area (Å²) in [6, 6.07) is 25.7. The van der Waals surface area contributed by atoms with Gasteiger partial charge in [-0.3, -0.25) is 9.36 Å². The molecule has 15 heteroatoms. The fourth-order valence-electron chi connectivity index (χ4n) is 6.75. The van der Waals surface area contributed by atoms with Crippen LogP contribution in [0, 0.1) is 8.98 Å². The molecule has 1 aliphatic heterocycles. The van der Waals surface area contributed by atoms with E-state index in [1.54, 1.807) is 20.4 Å². The SMILES string of the molecule is COc1ccc(C(OCC2OC(n3cc(I)c(NC(C)=O)nc3=O)CC2OP(OCCC=N)N(C(C)C)C(C)C)(c2ccccc2)c2ccc(OC)cc2)cc1. The van der Waals surface area contributed by atoms with Gasteiger partial charge in [-0.2, -0.15) is 4.98 Å². The van der Waals surface area contributed by atoms with Crippen LogP contribution in [0.15, 0.2) is 89.9 Å². The number of carbonyl (C=O) groups is 1. The van der Waals surface area contributed by atoms with Crippen molar-refractivity contribution in [3.63, 3.8) is 0 Å². The number of amides is 1. The fraction of sp³-hybridized carbons (Fsp3) is 0.415. The Morgan fingerprint density at radius 1 is 1.00 bits per heavy atom. The average Bonchev–Trinajstić information content (AvgIpc) is 3.58. The van der Waals surface area contributed by atoms with Crippen molar-refractivity contribution in [1.82, 2.24) is 14.2 Å². The molecule has 13 nitrogen and oxygen atoms in total. The molecule has 1 amide bonds. The lowest BCUT2D eigenvalue weighted by Crippen LogP contribution is -2.39. The topological polar surface area (TPSA) is 146 Å². The predicted octanol–water partition coefficient (Wildman–Crippen LogP) is 7.91. The molecule has 300 valence electrons. The molecule has 1 fully saturated rings. The van der Waals surface area contributed by atoms with Crippen LogP contribution in [0.4, 0.5) is 5.82 Å². The van der Waals surface area contributed by atoms with Crippen LogP contribution in [-0.4, -0.2) is 78.1 Å². The van der Waals surface area contributed by atoms with Gasteiger partial charge in [0.1, 0.15) is 29.4 Å². The Bertz CT molecular complexity index is 1890. The lowest BCUT2D eigenvalue weighted by molar-refractivity contribution is -0.114. The van der Waals surface area contributed by atoms with Gasteiger partial charge in [0.25, 0.3) is 8.53 Å². The first kappa shape index (κ1) is 43.4. The Morgan fingerprint density at radius 3 is 2.09 bits per heavy atom. The Kier molecular flexibility index (Phi) is 15.6. The molecular weight excluding hydrogens is 848 g/mol. The molecular formula is C41H51IN5O8P. The van der Waals surface area contributed by atoms with Crippen molar-refractivity contribution in [1.29, 1.82) is 5.41 Å². The molecule has 4 unspecified atom stereocenters. The highest BCUT2D eigenvalue weighted by Gasteiger charge is 2.45. The summed E-state index contributed by atoms with van der Waals surface area (Å²) in [5.74, 6) is 1.26. The Hall–Kier alpha value is -3.76. The van der Waals surface area contributed by atoms with E-state index < -0.39 is 38.3 Å². The molecule has 0 aliphatic carbocycles. The van der Waals surface area contributed by atoms with Crippen LogP contribution >= 0.6 is 31.1 Å². The highest BCUT2D eigenvalue weighted by atomic mass is 127. The number of rotatable bonds is 19. The molecule has 0 spiro atoms. The van der Waals surface area contributed by atoms with Crippen LogP contribution in [0.25, 0.3) is 0 Å². The fourth-order valence-corrected chi connectivity index (χ4v) is 9.08. The second-order valence-electron chi connectivity index (χ2n) is 13.8. The van der Waals surface area contributed by atoms with Gasteiger partial charge in [0, 0.05) is 38.0 Å². The number of halogens is 1. The van der Waals surface area contributed by atoms with E-state index in [2.05, 4.69) is 42.7 Å². The molecule has 1 saturated heterocycles. The van der Waals surface area contributed by atoms with E-state index in [1.807, 2.05) is 101 Å². The van der Waals surface area contributed by atoms with E-state index in [-0.39, 0.29) is 36.8 Å². The number of aromatic nitrogens is 2. The number of methoxy groups -OCH3 is 2. The van der Waals surface area contributed by atoms with Crippen LogP contribution in [0.3, 0.4) is 0 Å². The van der Waals surface area contributed by atoms with E-state index in [4.69, 9.17) is 33.4 Å². The van der Waals surface area contributed by atoms with Crippen LogP contribution in [0.1, 0.15) is 70.4 Å². The number of benzene rings is 3. The zero-order chi connectivity index (χ0) is 40.4. The van der Waals surface area contributed by atoms with Crippen molar-refractivity contribution in [2.24, 2.45) is 0 Å². The first-order valence-corrected chi connectivity index (χ1v) is 20.7. The molecule has 0 radical (unpaired) electrons. The standard InChI is InChI=1S/C41H51IN5O8P/c1-27(2)47(28(3)4)56(53-23-11-22-43)55-36-24-38(46-25-35(42)39(44-29(5)48)45-40(46)49)54-37(36)26-52-41(30-12-9-8-10-13-30,31-14-18-33(50-6)19-15-31)32-16-20-34(51-7)21-17-32/h8-10,12-22,25,27-28,36-38,43H,11,23-24,26H2,1-7H3,(H,44,45,48,49). The van der Waals surface area contributed by atoms with E-state index in [9.17, 15) is 9.59 Å². The zero-order valence-corrected chi connectivity index (χ0v) is 35.9. The van der Waals surface area contributed by atoms with Gasteiger partial charge in [0.2, 0.25) is 5.91 Å². The maximum atomic E-state index is 13.5. The number of hydrogen-bond donors (Lipinski definition) is 2. The molecule has 1 aromatic heterocycles. The highest BCUT2D eigenvalue weighted by Crippen LogP contribution is 2.50. The second-order valence-corrected chi connectivity index (χ2v) is 16.3. The lowest BCUT2D eigenvalue weighted by Gasteiger charge is -2.39. The van der Waals surface area contributed by atoms with Gasteiger partial charge in [-0.05, 0) is 97.5 Å². The van der Waals surface area contributed by atoms with Gasteiger partial charge in [0.15, 0.2) is 5.82 Å². The van der Waals surface area contributed by atoms with Crippen LogP contribution in [0.5, 0.6) is 11.5 Å². The molecule has 5 rings (SSSR count). The quantitative estimate of drug-likeness (QED) is 0.0313. The summed E-state index contributed by atoms with van der Waals surface area (Å²) < 4.78 is 42.6. The first-order chi connectivity index (χ1) is 26.9. The van der Waals surface area contributed by atoms with E-state index in [0.29, 0.717) is 28.1 Å². The number of nitrogens with zero attached hydrogens (tertiary/aromatic N) is 3. The summed E-state index contributed by atoms with van der Waals surface area (Å²) in [5, 5.41) is 10.2. The zero-order valence-electron chi connectivity index (χ0n) is 32.8. The molecule has 56 heavy (non-hydrogen) atoms. The summed E-state index contributed by atoms with van der Waals surface area (Å²) in [5.41, 5.74) is 0.882. The van der Waals surface area contributed by atoms with Gasteiger partial charge >= 0.3 is 5.69 Å². The third kappa shape index (κ3) is 10.2. The lowest BCUT2D eigenvalue weighted by atomic mass is 9.80. The van der Waals surface area contributed by atoms with E-state index in [0.717, 1.165) is 16.7 Å². The Labute approximate surface area is 343 Å². The van der Waals surface area contributed by atoms with Crippen molar-refractivity contribution in [3.05, 3.63) is 116 Å². The summed E-state index contributed by atoms with van der Waals surface area (Å²) in [7, 11) is 1.63. The first-order valence-electron chi connectivity index (χ1n) is 18.5. The van der Waals surface area contributed by atoms with Crippen molar-refractivity contribution >= 4 is 49.1 Å². The molecule has 1 aliphatic rings. The smallest absolute Gasteiger partial charge is 0.351 e. The third-order valence-electron chi connectivity index (χ3n) is 9.27. The minimum atomic E-state index is -1.64. The number of carbonyl (C=O) groups excluding carboxylic acids is 1. The van der Waals surface area contributed by atoms with Crippen LogP contribution < -0.4 is 20.5 Å². The normalized spacial score (nSPS) is 17.7. The summed E-state index contributed by atoms with van der Waals surface area (Å²) in [4.78, 5) is 29.5. The monoisotopic (exact) mass is 899 g/mol. The Morgan fingerprint density at radius 2 is 1.57 bits per heavy atom. The van der Waals surface area contributed by atoms with E-state index in [1.165, 1.54) is 17.7 Å². The van der Waals surface area contributed by atoms with Crippen molar-refractivity contribution in [2.45, 2.75) is 83.6 Å². The molecule has 2 heterocycles. The van der Waals surface area contributed by atoms with Gasteiger partial charge in [-0.25, -0.2) is 9.46 Å². The number of nitrogens with one attached hydrogen (secondary N) is 2. The Balaban J connectivity index is 1.61. The summed E-state index contributed by atoms with van der Waals surface area (Å²) >= 11 is 2.04. The summed E-state index contributed by atoms with van der Waals surface area (Å²) in [6.07, 6.45) is 1.63. The molecule has 4 atom stereocenters. The van der Waals surface area contributed by atoms with Gasteiger partial charge in [-0.1, -0.05) is 54.6 Å². The van der Waals surface area contributed by atoms with Gasteiger partial charge in [-0.15, -0.1) is 0 Å². The maximum Gasteiger partial charge on any atom is 0.351 e. The number of anilines is 1. The van der Waals surface area contributed by atoms with Crippen molar-refractivity contribution < 1.29 is 32.8 Å². The molecule has 0 bridgehead atoms. The van der Waals surface area contributed by atoms with Crippen molar-refractivity contribution in [3.8, 4) is 11.5 Å². The molecule has 3 aromatic carbocycles. The van der Waals surface area contributed by atoms with Gasteiger partial charge < -0.3 is 38.7 Å². The largest absolute Gasteiger partial charge is 0.497 e. The average molecular weight is 900 g/mol. The minimum Gasteiger partial charge on any atom is -0.497 e. The van der Waals surface area contributed by atoms with Crippen LogP contribution in [-0.2, 0) is 28.9 Å². The predicted molar refractivity (Wildman–Crippen MR) is 226 cm³/mol. The molecule has 4 aromatic rings. The number of ether oxygens (including phenoxy) is 4. The van der Waals surface area contributed by atoms with Gasteiger partial charge in [0.05, 0.1) is 37.1 Å².